The highest BCUT2D eigenvalue weighted by Gasteiger charge is 2.19. The zero-order chi connectivity index (χ0) is 17.1. The standard InChI is InChI=1S/C19H13N3O2S/c23-16(19-20-11-12-25-19)22-18-15(13-7-3-1-4-8-13)21-17(24-18)14-9-5-2-6-10-14/h1-12H,(H,22,23). The third kappa shape index (κ3) is 3.20. The molecule has 1 amide bonds. The van der Waals surface area contributed by atoms with Crippen LogP contribution in [0.4, 0.5) is 5.88 Å². The number of aromatic nitrogens is 2. The van der Waals surface area contributed by atoms with E-state index in [9.17, 15) is 4.79 Å². The molecule has 122 valence electrons. The van der Waals surface area contributed by atoms with Crippen molar-refractivity contribution in [2.75, 3.05) is 5.32 Å². The summed E-state index contributed by atoms with van der Waals surface area (Å²) in [5.74, 6) is 0.446. The summed E-state index contributed by atoms with van der Waals surface area (Å²) in [4.78, 5) is 21.0. The molecule has 0 saturated carbocycles. The lowest BCUT2D eigenvalue weighted by Gasteiger charge is -2.02. The summed E-state index contributed by atoms with van der Waals surface area (Å²) in [7, 11) is 0. The predicted molar refractivity (Wildman–Crippen MR) is 97.4 cm³/mol. The van der Waals surface area contributed by atoms with Crippen LogP contribution in [0.2, 0.25) is 0 Å². The molecule has 4 rings (SSSR count). The van der Waals surface area contributed by atoms with Gasteiger partial charge in [-0.05, 0) is 12.1 Å². The fourth-order valence-electron chi connectivity index (χ4n) is 2.39. The first-order valence-electron chi connectivity index (χ1n) is 7.64. The van der Waals surface area contributed by atoms with E-state index in [2.05, 4.69) is 15.3 Å². The van der Waals surface area contributed by atoms with Crippen LogP contribution in [0.25, 0.3) is 22.7 Å². The quantitative estimate of drug-likeness (QED) is 0.580. The highest BCUT2D eigenvalue weighted by Crippen LogP contribution is 2.33. The van der Waals surface area contributed by atoms with E-state index in [1.807, 2.05) is 60.7 Å². The van der Waals surface area contributed by atoms with Crippen molar-refractivity contribution in [1.82, 2.24) is 9.97 Å². The highest BCUT2D eigenvalue weighted by atomic mass is 32.1. The fraction of sp³-hybridized carbons (Fsp3) is 0. The molecule has 0 saturated heterocycles. The molecule has 1 N–H and O–H groups in total. The Bertz CT molecular complexity index is 980. The number of carbonyl (C=O) groups is 1. The van der Waals surface area contributed by atoms with Crippen LogP contribution >= 0.6 is 11.3 Å². The fourth-order valence-corrected chi connectivity index (χ4v) is 2.92. The summed E-state index contributed by atoms with van der Waals surface area (Å²) in [6.45, 7) is 0. The Labute approximate surface area is 148 Å². The van der Waals surface area contributed by atoms with Crippen molar-refractivity contribution in [2.24, 2.45) is 0 Å². The molecule has 25 heavy (non-hydrogen) atoms. The Hall–Kier alpha value is -3.25. The molecule has 0 aliphatic heterocycles. The first kappa shape index (κ1) is 15.3. The molecular weight excluding hydrogens is 334 g/mol. The molecule has 0 radical (unpaired) electrons. The lowest BCUT2D eigenvalue weighted by Crippen LogP contribution is -2.11. The first-order valence-corrected chi connectivity index (χ1v) is 8.52. The maximum Gasteiger partial charge on any atom is 0.287 e. The second-order valence-corrected chi connectivity index (χ2v) is 6.11. The van der Waals surface area contributed by atoms with Gasteiger partial charge in [-0.1, -0.05) is 48.5 Å². The van der Waals surface area contributed by atoms with Gasteiger partial charge in [0.1, 0.15) is 5.69 Å². The smallest absolute Gasteiger partial charge is 0.287 e. The summed E-state index contributed by atoms with van der Waals surface area (Å²) in [6.07, 6.45) is 1.59. The molecule has 0 unspecified atom stereocenters. The molecule has 2 aromatic carbocycles. The maximum atomic E-state index is 12.4. The molecule has 0 fully saturated rings. The number of hydrogen-bond donors (Lipinski definition) is 1. The molecule has 0 atom stereocenters. The summed E-state index contributed by atoms with van der Waals surface area (Å²) < 4.78 is 5.86. The number of nitrogens with zero attached hydrogens (tertiary/aromatic N) is 2. The number of benzene rings is 2. The normalized spacial score (nSPS) is 10.6. The van der Waals surface area contributed by atoms with Crippen LogP contribution in [-0.4, -0.2) is 15.9 Å². The predicted octanol–water partition coefficient (Wildman–Crippen LogP) is 4.72. The summed E-state index contributed by atoms with van der Waals surface area (Å²) in [6, 6.07) is 19.2. The number of anilines is 1. The molecule has 0 spiro atoms. The maximum absolute atomic E-state index is 12.4. The van der Waals surface area contributed by atoms with Crippen LogP contribution in [0.5, 0.6) is 0 Å². The van der Waals surface area contributed by atoms with Crippen LogP contribution in [0, 0.1) is 0 Å². The molecule has 2 aromatic heterocycles. The third-order valence-corrected chi connectivity index (χ3v) is 4.32. The van der Waals surface area contributed by atoms with Gasteiger partial charge < -0.3 is 4.42 Å². The largest absolute Gasteiger partial charge is 0.420 e. The number of carbonyl (C=O) groups excluding carboxylic acids is 1. The molecular formula is C19H13N3O2S. The lowest BCUT2D eigenvalue weighted by molar-refractivity contribution is 0.102. The van der Waals surface area contributed by atoms with Crippen molar-refractivity contribution in [3.05, 3.63) is 77.2 Å². The van der Waals surface area contributed by atoms with Gasteiger partial charge in [-0.25, -0.2) is 9.97 Å². The summed E-state index contributed by atoms with van der Waals surface area (Å²) in [5.41, 5.74) is 2.29. The molecule has 0 bridgehead atoms. The third-order valence-electron chi connectivity index (χ3n) is 3.55. The number of rotatable bonds is 4. The van der Waals surface area contributed by atoms with Gasteiger partial charge in [0.15, 0.2) is 5.01 Å². The van der Waals surface area contributed by atoms with Crippen molar-refractivity contribution in [1.29, 1.82) is 0 Å². The Morgan fingerprint density at radius 1 is 0.960 bits per heavy atom. The van der Waals surface area contributed by atoms with Gasteiger partial charge in [0.25, 0.3) is 5.91 Å². The van der Waals surface area contributed by atoms with Gasteiger partial charge in [0.05, 0.1) is 0 Å². The van der Waals surface area contributed by atoms with Crippen LogP contribution in [0.1, 0.15) is 9.80 Å². The molecule has 6 heteroatoms. The van der Waals surface area contributed by atoms with Crippen LogP contribution in [-0.2, 0) is 0 Å². The average molecular weight is 347 g/mol. The van der Waals surface area contributed by atoms with E-state index >= 15 is 0 Å². The van der Waals surface area contributed by atoms with Crippen molar-refractivity contribution in [3.8, 4) is 22.7 Å². The van der Waals surface area contributed by atoms with E-state index in [0.29, 0.717) is 22.5 Å². The van der Waals surface area contributed by atoms with Crippen LogP contribution < -0.4 is 5.32 Å². The minimum absolute atomic E-state index is 0.310. The first-order chi connectivity index (χ1) is 12.3. The van der Waals surface area contributed by atoms with E-state index in [1.165, 1.54) is 11.3 Å². The van der Waals surface area contributed by atoms with E-state index < -0.39 is 0 Å². The highest BCUT2D eigenvalue weighted by molar-refractivity contribution is 7.11. The number of nitrogens with one attached hydrogen (secondary N) is 1. The van der Waals surface area contributed by atoms with Gasteiger partial charge in [-0.2, -0.15) is 0 Å². The van der Waals surface area contributed by atoms with E-state index in [1.54, 1.807) is 11.6 Å². The Balaban J connectivity index is 1.76. The summed E-state index contributed by atoms with van der Waals surface area (Å²) in [5, 5.41) is 4.91. The Morgan fingerprint density at radius 3 is 2.28 bits per heavy atom. The van der Waals surface area contributed by atoms with E-state index in [4.69, 9.17) is 4.42 Å². The van der Waals surface area contributed by atoms with Crippen molar-refractivity contribution in [3.63, 3.8) is 0 Å². The number of oxazole rings is 1. The van der Waals surface area contributed by atoms with Gasteiger partial charge >= 0.3 is 0 Å². The second kappa shape index (κ2) is 6.70. The SMILES string of the molecule is O=C(Nc1oc(-c2ccccc2)nc1-c1ccccc1)c1nccs1. The van der Waals surface area contributed by atoms with Crippen molar-refractivity contribution in [2.45, 2.75) is 0 Å². The number of amides is 1. The van der Waals surface area contributed by atoms with Crippen LogP contribution in [0.15, 0.2) is 76.7 Å². The van der Waals surface area contributed by atoms with E-state index in [-0.39, 0.29) is 5.91 Å². The van der Waals surface area contributed by atoms with Gasteiger partial charge in [-0.3, -0.25) is 10.1 Å². The number of thiazole rings is 1. The lowest BCUT2D eigenvalue weighted by atomic mass is 10.1. The van der Waals surface area contributed by atoms with Gasteiger partial charge in [-0.15, -0.1) is 11.3 Å². The molecule has 0 aliphatic rings. The number of hydrogen-bond acceptors (Lipinski definition) is 5. The molecule has 4 aromatic rings. The molecule has 2 heterocycles. The topological polar surface area (TPSA) is 68.0 Å². The van der Waals surface area contributed by atoms with Crippen LogP contribution in [0.3, 0.4) is 0 Å². The average Bonchev–Trinajstić information content (AvgIpc) is 3.33. The Morgan fingerprint density at radius 2 is 1.64 bits per heavy atom. The molecule has 5 nitrogen and oxygen atoms in total. The zero-order valence-electron chi connectivity index (χ0n) is 13.0. The zero-order valence-corrected chi connectivity index (χ0v) is 13.9. The molecule has 0 aliphatic carbocycles. The Kier molecular flexibility index (Phi) is 4.10. The second-order valence-electron chi connectivity index (χ2n) is 5.22. The van der Waals surface area contributed by atoms with Gasteiger partial charge in [0, 0.05) is 22.7 Å². The monoisotopic (exact) mass is 347 g/mol. The minimum atomic E-state index is -0.317. The van der Waals surface area contributed by atoms with Crippen molar-refractivity contribution < 1.29 is 9.21 Å². The van der Waals surface area contributed by atoms with Gasteiger partial charge in [0.2, 0.25) is 11.8 Å². The summed E-state index contributed by atoms with van der Waals surface area (Å²) >= 11 is 1.27. The minimum Gasteiger partial charge on any atom is -0.420 e. The van der Waals surface area contributed by atoms with E-state index in [0.717, 1.165) is 11.1 Å². The van der Waals surface area contributed by atoms with Crippen molar-refractivity contribution >= 4 is 23.1 Å².